The molecule has 0 aliphatic rings. The van der Waals surface area contributed by atoms with E-state index in [1.54, 1.807) is 21.1 Å². The lowest BCUT2D eigenvalue weighted by Crippen LogP contribution is -2.27. The van der Waals surface area contributed by atoms with Crippen LogP contribution >= 0.6 is 0 Å². The number of benzene rings is 1. The maximum Gasteiger partial charge on any atom is 0.145 e. The molecule has 4 nitrogen and oxygen atoms in total. The summed E-state index contributed by atoms with van der Waals surface area (Å²) in [5, 5.41) is 9.34. The number of aliphatic hydroxyl groups excluding tert-OH is 1. The molecule has 4 heteroatoms. The first kappa shape index (κ1) is 12.6. The minimum Gasteiger partial charge on any atom is -0.497 e. The predicted molar refractivity (Wildman–Crippen MR) is 64.5 cm³/mol. The van der Waals surface area contributed by atoms with Crippen LogP contribution in [0, 0.1) is 0 Å². The van der Waals surface area contributed by atoms with E-state index in [-0.39, 0.29) is 6.10 Å². The molecule has 0 spiro atoms. The van der Waals surface area contributed by atoms with Gasteiger partial charge in [0.1, 0.15) is 11.5 Å². The monoisotopic (exact) mass is 225 g/mol. The van der Waals surface area contributed by atoms with Crippen LogP contribution in [0.15, 0.2) is 18.2 Å². The largest absolute Gasteiger partial charge is 0.497 e. The number of rotatable bonds is 5. The molecule has 0 heterocycles. The Morgan fingerprint density at radius 2 is 2.00 bits per heavy atom. The fourth-order valence-corrected chi connectivity index (χ4v) is 1.59. The summed E-state index contributed by atoms with van der Waals surface area (Å²) in [4.78, 5) is 1.95. The van der Waals surface area contributed by atoms with Crippen LogP contribution < -0.4 is 14.4 Å². The second-order valence-electron chi connectivity index (χ2n) is 3.77. The number of anilines is 1. The average molecular weight is 225 g/mol. The highest BCUT2D eigenvalue weighted by Gasteiger charge is 2.10. The minimum atomic E-state index is -0.378. The van der Waals surface area contributed by atoms with Crippen LogP contribution in [0.4, 0.5) is 5.69 Å². The summed E-state index contributed by atoms with van der Waals surface area (Å²) < 4.78 is 10.4. The normalized spacial score (nSPS) is 12.1. The summed E-state index contributed by atoms with van der Waals surface area (Å²) in [6.07, 6.45) is -0.378. The van der Waals surface area contributed by atoms with Crippen LogP contribution in [0.3, 0.4) is 0 Å². The lowest BCUT2D eigenvalue weighted by atomic mass is 10.2. The topological polar surface area (TPSA) is 41.9 Å². The van der Waals surface area contributed by atoms with Gasteiger partial charge < -0.3 is 19.5 Å². The second-order valence-corrected chi connectivity index (χ2v) is 3.77. The van der Waals surface area contributed by atoms with E-state index in [0.717, 1.165) is 17.2 Å². The van der Waals surface area contributed by atoms with Crippen LogP contribution in [-0.4, -0.2) is 39.0 Å². The van der Waals surface area contributed by atoms with Gasteiger partial charge in [-0.3, -0.25) is 0 Å². The van der Waals surface area contributed by atoms with E-state index in [4.69, 9.17) is 9.47 Å². The standard InChI is InChI=1S/C12H19NO3/c1-9(14)8-13(2)11-6-5-10(15-3)7-12(11)16-4/h5-7,9,14H,8H2,1-4H3. The van der Waals surface area contributed by atoms with Gasteiger partial charge in [0.2, 0.25) is 0 Å². The molecule has 1 aromatic rings. The number of aliphatic hydroxyl groups is 1. The Kier molecular flexibility index (Phi) is 4.43. The summed E-state index contributed by atoms with van der Waals surface area (Å²) in [6, 6.07) is 5.62. The maximum absolute atomic E-state index is 9.34. The van der Waals surface area contributed by atoms with Crippen LogP contribution in [0.5, 0.6) is 11.5 Å². The zero-order valence-corrected chi connectivity index (χ0v) is 10.2. The molecule has 0 radical (unpaired) electrons. The van der Waals surface area contributed by atoms with E-state index in [1.807, 2.05) is 30.1 Å². The van der Waals surface area contributed by atoms with Gasteiger partial charge in [0.05, 0.1) is 26.0 Å². The Balaban J connectivity index is 2.94. The molecule has 90 valence electrons. The Morgan fingerprint density at radius 1 is 1.31 bits per heavy atom. The lowest BCUT2D eigenvalue weighted by Gasteiger charge is -2.23. The summed E-state index contributed by atoms with van der Waals surface area (Å²) in [7, 11) is 5.15. The van der Waals surface area contributed by atoms with E-state index in [2.05, 4.69) is 0 Å². The zero-order chi connectivity index (χ0) is 12.1. The zero-order valence-electron chi connectivity index (χ0n) is 10.2. The molecule has 1 rings (SSSR count). The van der Waals surface area contributed by atoms with Crippen LogP contribution in [0.25, 0.3) is 0 Å². The number of ether oxygens (including phenoxy) is 2. The van der Waals surface area contributed by atoms with Gasteiger partial charge in [-0.25, -0.2) is 0 Å². The quantitative estimate of drug-likeness (QED) is 0.825. The molecule has 1 atom stereocenters. The summed E-state index contributed by atoms with van der Waals surface area (Å²) >= 11 is 0. The molecule has 1 aromatic carbocycles. The minimum absolute atomic E-state index is 0.378. The number of hydrogen-bond acceptors (Lipinski definition) is 4. The third-order valence-electron chi connectivity index (χ3n) is 2.34. The van der Waals surface area contributed by atoms with Crippen molar-refractivity contribution in [3.63, 3.8) is 0 Å². The van der Waals surface area contributed by atoms with Crippen molar-refractivity contribution in [2.75, 3.05) is 32.7 Å². The third kappa shape index (κ3) is 3.03. The molecule has 0 amide bonds. The van der Waals surface area contributed by atoms with E-state index in [0.29, 0.717) is 6.54 Å². The molecule has 0 aromatic heterocycles. The molecule has 0 saturated carbocycles. The van der Waals surface area contributed by atoms with Gasteiger partial charge in [0.15, 0.2) is 0 Å². The van der Waals surface area contributed by atoms with Gasteiger partial charge in [-0.1, -0.05) is 0 Å². The number of nitrogens with zero attached hydrogens (tertiary/aromatic N) is 1. The van der Waals surface area contributed by atoms with Crippen molar-refractivity contribution in [2.45, 2.75) is 13.0 Å². The molecule has 0 fully saturated rings. The van der Waals surface area contributed by atoms with Crippen molar-refractivity contribution in [1.29, 1.82) is 0 Å². The summed E-state index contributed by atoms with van der Waals surface area (Å²) in [5.74, 6) is 1.49. The average Bonchev–Trinajstić information content (AvgIpc) is 2.27. The molecule has 1 N–H and O–H groups in total. The summed E-state index contributed by atoms with van der Waals surface area (Å²) in [5.41, 5.74) is 0.934. The van der Waals surface area contributed by atoms with E-state index in [1.165, 1.54) is 0 Å². The molecular formula is C12H19NO3. The smallest absolute Gasteiger partial charge is 0.145 e. The molecule has 0 aliphatic heterocycles. The maximum atomic E-state index is 9.34. The molecule has 0 aliphatic carbocycles. The van der Waals surface area contributed by atoms with Crippen molar-refractivity contribution in [1.82, 2.24) is 0 Å². The van der Waals surface area contributed by atoms with Gasteiger partial charge in [-0.2, -0.15) is 0 Å². The molecule has 0 bridgehead atoms. The van der Waals surface area contributed by atoms with Crippen molar-refractivity contribution < 1.29 is 14.6 Å². The SMILES string of the molecule is COc1ccc(N(C)CC(C)O)c(OC)c1. The molecule has 1 unspecified atom stereocenters. The van der Waals surface area contributed by atoms with Crippen LogP contribution in [-0.2, 0) is 0 Å². The third-order valence-corrected chi connectivity index (χ3v) is 2.34. The fraction of sp³-hybridized carbons (Fsp3) is 0.500. The molecule has 16 heavy (non-hydrogen) atoms. The Hall–Kier alpha value is -1.42. The number of hydrogen-bond donors (Lipinski definition) is 1. The van der Waals surface area contributed by atoms with Gasteiger partial charge >= 0.3 is 0 Å². The van der Waals surface area contributed by atoms with Gasteiger partial charge in [-0.15, -0.1) is 0 Å². The summed E-state index contributed by atoms with van der Waals surface area (Å²) in [6.45, 7) is 2.31. The van der Waals surface area contributed by atoms with Crippen LogP contribution in [0.2, 0.25) is 0 Å². The van der Waals surface area contributed by atoms with Gasteiger partial charge in [-0.05, 0) is 19.1 Å². The highest BCUT2D eigenvalue weighted by Crippen LogP contribution is 2.31. The van der Waals surface area contributed by atoms with E-state index in [9.17, 15) is 5.11 Å². The lowest BCUT2D eigenvalue weighted by molar-refractivity contribution is 0.201. The highest BCUT2D eigenvalue weighted by molar-refractivity contribution is 5.60. The first-order valence-corrected chi connectivity index (χ1v) is 5.19. The van der Waals surface area contributed by atoms with Crippen molar-refractivity contribution in [3.8, 4) is 11.5 Å². The van der Waals surface area contributed by atoms with Gasteiger partial charge in [0, 0.05) is 19.7 Å². The van der Waals surface area contributed by atoms with Gasteiger partial charge in [0.25, 0.3) is 0 Å². The van der Waals surface area contributed by atoms with E-state index >= 15 is 0 Å². The van der Waals surface area contributed by atoms with E-state index < -0.39 is 0 Å². The fourth-order valence-electron chi connectivity index (χ4n) is 1.59. The Labute approximate surface area is 96.4 Å². The predicted octanol–water partition coefficient (Wildman–Crippen LogP) is 1.52. The first-order valence-electron chi connectivity index (χ1n) is 5.19. The van der Waals surface area contributed by atoms with Crippen molar-refractivity contribution in [2.24, 2.45) is 0 Å². The highest BCUT2D eigenvalue weighted by atomic mass is 16.5. The van der Waals surface area contributed by atoms with Crippen LogP contribution in [0.1, 0.15) is 6.92 Å². The Morgan fingerprint density at radius 3 is 2.50 bits per heavy atom. The number of likely N-dealkylation sites (N-methyl/N-ethyl adjacent to an activating group) is 1. The second kappa shape index (κ2) is 5.61. The number of methoxy groups -OCH3 is 2. The molecule has 0 saturated heterocycles. The van der Waals surface area contributed by atoms with Crippen molar-refractivity contribution in [3.05, 3.63) is 18.2 Å². The first-order chi connectivity index (χ1) is 7.58. The molecular weight excluding hydrogens is 206 g/mol. The Bertz CT molecular complexity index is 339. The van der Waals surface area contributed by atoms with Crippen molar-refractivity contribution >= 4 is 5.69 Å².